The van der Waals surface area contributed by atoms with Gasteiger partial charge in [-0.25, -0.2) is 15.8 Å². The monoisotopic (exact) mass is 291 g/mol. The molecule has 108 valence electrons. The van der Waals surface area contributed by atoms with E-state index in [1.54, 1.807) is 11.3 Å². The molecule has 5 nitrogen and oxygen atoms in total. The standard InChI is InChI=1S/C14H21N5S/c1-9-3-5-19(7-10(9)2)8-12-16-13(18-15)11-4-6-20-14(11)17-12/h4,6,9-10H,3,5,7-8,15H2,1-2H3,(H,16,17,18). The van der Waals surface area contributed by atoms with E-state index in [0.29, 0.717) is 0 Å². The Labute approximate surface area is 123 Å². The van der Waals surface area contributed by atoms with Gasteiger partial charge in [0.05, 0.1) is 11.9 Å². The third-order valence-electron chi connectivity index (χ3n) is 4.29. The van der Waals surface area contributed by atoms with Crippen LogP contribution in [0.2, 0.25) is 0 Å². The van der Waals surface area contributed by atoms with Crippen LogP contribution in [0.15, 0.2) is 11.4 Å². The number of hydrogen-bond donors (Lipinski definition) is 2. The zero-order chi connectivity index (χ0) is 14.1. The molecule has 0 bridgehead atoms. The summed E-state index contributed by atoms with van der Waals surface area (Å²) < 4.78 is 0. The van der Waals surface area contributed by atoms with Gasteiger partial charge < -0.3 is 5.43 Å². The summed E-state index contributed by atoms with van der Waals surface area (Å²) in [5.74, 6) is 8.70. The van der Waals surface area contributed by atoms with Crippen LogP contribution in [0.5, 0.6) is 0 Å². The van der Waals surface area contributed by atoms with Crippen molar-refractivity contribution < 1.29 is 0 Å². The van der Waals surface area contributed by atoms with Crippen molar-refractivity contribution in [2.45, 2.75) is 26.8 Å². The minimum atomic E-state index is 0.727. The van der Waals surface area contributed by atoms with E-state index in [1.165, 1.54) is 6.42 Å². The van der Waals surface area contributed by atoms with Crippen molar-refractivity contribution in [3.05, 3.63) is 17.3 Å². The lowest BCUT2D eigenvalue weighted by atomic mass is 9.89. The average Bonchev–Trinajstić information content (AvgIpc) is 2.90. The van der Waals surface area contributed by atoms with Crippen LogP contribution >= 0.6 is 11.3 Å². The van der Waals surface area contributed by atoms with Gasteiger partial charge in [0.2, 0.25) is 0 Å². The van der Waals surface area contributed by atoms with Crippen molar-refractivity contribution in [2.75, 3.05) is 18.5 Å². The van der Waals surface area contributed by atoms with E-state index in [0.717, 1.165) is 53.3 Å². The van der Waals surface area contributed by atoms with E-state index in [2.05, 4.69) is 34.1 Å². The summed E-state index contributed by atoms with van der Waals surface area (Å²) in [4.78, 5) is 12.6. The van der Waals surface area contributed by atoms with E-state index in [4.69, 9.17) is 5.84 Å². The zero-order valence-corrected chi connectivity index (χ0v) is 12.8. The molecule has 0 aromatic carbocycles. The molecule has 20 heavy (non-hydrogen) atoms. The van der Waals surface area contributed by atoms with Gasteiger partial charge in [0.1, 0.15) is 10.7 Å². The molecule has 1 saturated heterocycles. The highest BCUT2D eigenvalue weighted by Crippen LogP contribution is 2.26. The van der Waals surface area contributed by atoms with Crippen LogP contribution in [-0.2, 0) is 6.54 Å². The first-order chi connectivity index (χ1) is 9.67. The molecular formula is C14H21N5S. The van der Waals surface area contributed by atoms with Crippen LogP contribution in [0, 0.1) is 11.8 Å². The van der Waals surface area contributed by atoms with E-state index in [-0.39, 0.29) is 0 Å². The van der Waals surface area contributed by atoms with Gasteiger partial charge in [-0.15, -0.1) is 11.3 Å². The molecule has 1 aliphatic heterocycles. The maximum atomic E-state index is 5.57. The minimum Gasteiger partial charge on any atom is -0.308 e. The third-order valence-corrected chi connectivity index (χ3v) is 5.10. The molecule has 0 amide bonds. The smallest absolute Gasteiger partial charge is 0.152 e. The Morgan fingerprint density at radius 2 is 2.25 bits per heavy atom. The number of likely N-dealkylation sites (tertiary alicyclic amines) is 1. The predicted molar refractivity (Wildman–Crippen MR) is 83.4 cm³/mol. The molecule has 1 aliphatic rings. The van der Waals surface area contributed by atoms with Crippen molar-refractivity contribution in [1.29, 1.82) is 0 Å². The Hall–Kier alpha value is -1.24. The van der Waals surface area contributed by atoms with Gasteiger partial charge in [-0.3, -0.25) is 4.90 Å². The fourth-order valence-corrected chi connectivity index (χ4v) is 3.56. The van der Waals surface area contributed by atoms with Crippen molar-refractivity contribution >= 4 is 27.4 Å². The number of nitrogens with two attached hydrogens (primary N) is 1. The number of piperidine rings is 1. The number of hydrogen-bond acceptors (Lipinski definition) is 6. The quantitative estimate of drug-likeness (QED) is 0.671. The first-order valence-corrected chi connectivity index (χ1v) is 7.98. The second-order valence-electron chi connectivity index (χ2n) is 5.75. The van der Waals surface area contributed by atoms with Crippen LogP contribution in [0.3, 0.4) is 0 Å². The number of thiophene rings is 1. The topological polar surface area (TPSA) is 67.1 Å². The van der Waals surface area contributed by atoms with Crippen molar-refractivity contribution in [3.8, 4) is 0 Å². The Bertz CT molecular complexity index is 596. The zero-order valence-electron chi connectivity index (χ0n) is 12.0. The number of anilines is 1. The van der Waals surface area contributed by atoms with Gasteiger partial charge in [-0.2, -0.15) is 0 Å². The first-order valence-electron chi connectivity index (χ1n) is 7.10. The molecule has 0 radical (unpaired) electrons. The number of aromatic nitrogens is 2. The lowest BCUT2D eigenvalue weighted by molar-refractivity contribution is 0.129. The van der Waals surface area contributed by atoms with Gasteiger partial charge in [0.25, 0.3) is 0 Å². The van der Waals surface area contributed by atoms with Crippen LogP contribution in [0.25, 0.3) is 10.2 Å². The largest absolute Gasteiger partial charge is 0.308 e. The average molecular weight is 291 g/mol. The molecule has 3 heterocycles. The van der Waals surface area contributed by atoms with Gasteiger partial charge >= 0.3 is 0 Å². The number of hydrazine groups is 1. The van der Waals surface area contributed by atoms with Gasteiger partial charge in [-0.1, -0.05) is 13.8 Å². The molecule has 2 atom stereocenters. The van der Waals surface area contributed by atoms with Crippen LogP contribution < -0.4 is 11.3 Å². The molecule has 2 aromatic rings. The molecule has 0 aliphatic carbocycles. The number of nitrogens with one attached hydrogen (secondary N) is 1. The number of fused-ring (bicyclic) bond motifs is 1. The maximum Gasteiger partial charge on any atom is 0.152 e. The second-order valence-corrected chi connectivity index (χ2v) is 6.65. The SMILES string of the molecule is CC1CCN(Cc2nc(NN)c3ccsc3n2)CC1C. The molecule has 2 unspecified atom stereocenters. The van der Waals surface area contributed by atoms with E-state index in [9.17, 15) is 0 Å². The highest BCUT2D eigenvalue weighted by Gasteiger charge is 2.23. The summed E-state index contributed by atoms with van der Waals surface area (Å²) in [6.07, 6.45) is 1.25. The van der Waals surface area contributed by atoms with Crippen molar-refractivity contribution in [1.82, 2.24) is 14.9 Å². The number of rotatable bonds is 3. The Morgan fingerprint density at radius 1 is 1.40 bits per heavy atom. The predicted octanol–water partition coefficient (Wildman–Crippen LogP) is 2.45. The Morgan fingerprint density at radius 3 is 3.00 bits per heavy atom. The molecule has 6 heteroatoms. The number of nitrogen functional groups attached to an aromatic ring is 1. The lowest BCUT2D eigenvalue weighted by Gasteiger charge is -2.34. The van der Waals surface area contributed by atoms with Gasteiger partial charge in [-0.05, 0) is 36.2 Å². The molecule has 3 N–H and O–H groups in total. The lowest BCUT2D eigenvalue weighted by Crippen LogP contribution is -2.38. The summed E-state index contributed by atoms with van der Waals surface area (Å²) in [5.41, 5.74) is 2.69. The number of nitrogens with zero attached hydrogens (tertiary/aromatic N) is 3. The second kappa shape index (κ2) is 5.63. The Kier molecular flexibility index (Phi) is 3.87. The highest BCUT2D eigenvalue weighted by atomic mass is 32.1. The summed E-state index contributed by atoms with van der Waals surface area (Å²) in [7, 11) is 0. The Balaban J connectivity index is 1.80. The summed E-state index contributed by atoms with van der Waals surface area (Å²) in [6, 6.07) is 2.00. The third kappa shape index (κ3) is 2.63. The molecule has 0 spiro atoms. The fourth-order valence-electron chi connectivity index (χ4n) is 2.77. The van der Waals surface area contributed by atoms with E-state index < -0.39 is 0 Å². The van der Waals surface area contributed by atoms with Crippen molar-refractivity contribution in [2.24, 2.45) is 17.7 Å². The van der Waals surface area contributed by atoms with E-state index >= 15 is 0 Å². The first kappa shape index (κ1) is 13.7. The van der Waals surface area contributed by atoms with Crippen molar-refractivity contribution in [3.63, 3.8) is 0 Å². The fraction of sp³-hybridized carbons (Fsp3) is 0.571. The van der Waals surface area contributed by atoms with Crippen LogP contribution in [0.4, 0.5) is 5.82 Å². The molecule has 1 fully saturated rings. The molecule has 3 rings (SSSR count). The highest BCUT2D eigenvalue weighted by molar-refractivity contribution is 7.16. The summed E-state index contributed by atoms with van der Waals surface area (Å²) in [5, 5.41) is 3.02. The summed E-state index contributed by atoms with van der Waals surface area (Å²) >= 11 is 1.63. The van der Waals surface area contributed by atoms with Gasteiger partial charge in [0.15, 0.2) is 5.82 Å². The van der Waals surface area contributed by atoms with Gasteiger partial charge in [0, 0.05) is 6.54 Å². The molecule has 0 saturated carbocycles. The van der Waals surface area contributed by atoms with Crippen LogP contribution in [-0.4, -0.2) is 28.0 Å². The van der Waals surface area contributed by atoms with Crippen LogP contribution in [0.1, 0.15) is 26.1 Å². The van der Waals surface area contributed by atoms with E-state index in [1.807, 2.05) is 11.4 Å². The molecule has 2 aromatic heterocycles. The summed E-state index contributed by atoms with van der Waals surface area (Å²) in [6.45, 7) is 7.72. The molecular weight excluding hydrogens is 270 g/mol. The normalized spacial score (nSPS) is 24.1. The maximum absolute atomic E-state index is 5.57. The minimum absolute atomic E-state index is 0.727.